The molecule has 0 saturated carbocycles. The first kappa shape index (κ1) is 13.0. The van der Waals surface area contributed by atoms with Gasteiger partial charge in [0.2, 0.25) is 5.95 Å². The van der Waals surface area contributed by atoms with E-state index >= 15 is 0 Å². The molecule has 0 bridgehead atoms. The zero-order valence-electron chi connectivity index (χ0n) is 9.98. The summed E-state index contributed by atoms with van der Waals surface area (Å²) in [5.74, 6) is 0.162. The van der Waals surface area contributed by atoms with E-state index < -0.39 is 15.7 Å². The van der Waals surface area contributed by atoms with Crippen molar-refractivity contribution in [2.75, 3.05) is 29.2 Å². The number of hydrogen-bond donors (Lipinski definition) is 2. The van der Waals surface area contributed by atoms with Crippen molar-refractivity contribution in [3.63, 3.8) is 0 Å². The maximum Gasteiger partial charge on any atom is 0.224 e. The Bertz CT molecular complexity index is 521. The van der Waals surface area contributed by atoms with Crippen molar-refractivity contribution < 1.29 is 12.8 Å². The van der Waals surface area contributed by atoms with Crippen molar-refractivity contribution in [3.05, 3.63) is 12.0 Å². The molecule has 100 valence electrons. The van der Waals surface area contributed by atoms with Gasteiger partial charge < -0.3 is 10.6 Å². The second-order valence-electron chi connectivity index (χ2n) is 4.21. The predicted octanol–water partition coefficient (Wildman–Crippen LogP) is 0.646. The largest absolute Gasteiger partial charge is 0.365 e. The van der Waals surface area contributed by atoms with Gasteiger partial charge >= 0.3 is 0 Å². The summed E-state index contributed by atoms with van der Waals surface area (Å²) >= 11 is 0. The Kier molecular flexibility index (Phi) is 3.65. The molecule has 2 N–H and O–H groups in total. The van der Waals surface area contributed by atoms with E-state index in [0.717, 1.165) is 6.20 Å². The third-order valence-corrected chi connectivity index (χ3v) is 4.58. The number of halogens is 1. The van der Waals surface area contributed by atoms with Gasteiger partial charge in [0.1, 0.15) is 9.84 Å². The lowest BCUT2D eigenvalue weighted by Gasteiger charge is -2.23. The number of hydrogen-bond acceptors (Lipinski definition) is 6. The summed E-state index contributed by atoms with van der Waals surface area (Å²) in [6.45, 7) is 0. The van der Waals surface area contributed by atoms with Gasteiger partial charge in [0.25, 0.3) is 0 Å². The normalized spacial score (nSPS) is 19.4. The molecular weight excluding hydrogens is 259 g/mol. The molecule has 0 atom stereocenters. The Morgan fingerprint density at radius 1 is 1.39 bits per heavy atom. The van der Waals surface area contributed by atoms with Crippen LogP contribution in [0.2, 0.25) is 0 Å². The molecule has 0 radical (unpaired) electrons. The Morgan fingerprint density at radius 3 is 2.67 bits per heavy atom. The summed E-state index contributed by atoms with van der Waals surface area (Å²) in [5, 5.41) is 5.65. The molecule has 0 unspecified atom stereocenters. The van der Waals surface area contributed by atoms with Crippen LogP contribution in [0.15, 0.2) is 6.20 Å². The lowest BCUT2D eigenvalue weighted by Crippen LogP contribution is -2.32. The molecule has 1 aliphatic rings. The van der Waals surface area contributed by atoms with Crippen LogP contribution in [0.1, 0.15) is 12.8 Å². The first-order chi connectivity index (χ1) is 8.50. The highest BCUT2D eigenvalue weighted by Crippen LogP contribution is 2.19. The van der Waals surface area contributed by atoms with E-state index in [2.05, 4.69) is 20.6 Å². The molecule has 1 aliphatic heterocycles. The first-order valence-corrected chi connectivity index (χ1v) is 7.49. The minimum atomic E-state index is -2.91. The van der Waals surface area contributed by atoms with Crippen molar-refractivity contribution in [3.8, 4) is 0 Å². The van der Waals surface area contributed by atoms with Crippen LogP contribution in [0.4, 0.5) is 16.2 Å². The maximum absolute atomic E-state index is 13.5. The summed E-state index contributed by atoms with van der Waals surface area (Å²) in [6, 6.07) is -0.0670. The highest BCUT2D eigenvalue weighted by molar-refractivity contribution is 7.91. The predicted molar refractivity (Wildman–Crippen MR) is 66.8 cm³/mol. The van der Waals surface area contributed by atoms with Gasteiger partial charge in [-0.2, -0.15) is 4.98 Å². The molecular formula is C10H15FN4O2S. The molecule has 1 aromatic rings. The van der Waals surface area contributed by atoms with Gasteiger partial charge in [0.15, 0.2) is 11.6 Å². The molecule has 18 heavy (non-hydrogen) atoms. The van der Waals surface area contributed by atoms with Crippen LogP contribution >= 0.6 is 0 Å². The van der Waals surface area contributed by atoms with Gasteiger partial charge in [-0.15, -0.1) is 0 Å². The smallest absolute Gasteiger partial charge is 0.224 e. The lowest BCUT2D eigenvalue weighted by molar-refractivity contribution is 0.555. The molecule has 6 nitrogen and oxygen atoms in total. The molecule has 1 aromatic heterocycles. The topological polar surface area (TPSA) is 84.0 Å². The van der Waals surface area contributed by atoms with Crippen molar-refractivity contribution in [1.29, 1.82) is 0 Å². The number of nitrogens with one attached hydrogen (secondary N) is 2. The van der Waals surface area contributed by atoms with E-state index in [-0.39, 0.29) is 23.4 Å². The highest BCUT2D eigenvalue weighted by Gasteiger charge is 2.24. The molecule has 0 amide bonds. The van der Waals surface area contributed by atoms with E-state index in [4.69, 9.17) is 0 Å². The van der Waals surface area contributed by atoms with Crippen LogP contribution in [-0.4, -0.2) is 43.0 Å². The molecule has 0 spiro atoms. The summed E-state index contributed by atoms with van der Waals surface area (Å²) in [4.78, 5) is 7.70. The van der Waals surface area contributed by atoms with Gasteiger partial charge in [0.05, 0.1) is 17.7 Å². The van der Waals surface area contributed by atoms with Gasteiger partial charge in [-0.25, -0.2) is 17.8 Å². The van der Waals surface area contributed by atoms with Crippen LogP contribution in [0, 0.1) is 5.82 Å². The minimum absolute atomic E-state index is 0.0670. The lowest BCUT2D eigenvalue weighted by atomic mass is 10.1. The Labute approximate surface area is 105 Å². The fraction of sp³-hybridized carbons (Fsp3) is 0.600. The van der Waals surface area contributed by atoms with Gasteiger partial charge in [-0.1, -0.05) is 0 Å². The zero-order chi connectivity index (χ0) is 13.2. The van der Waals surface area contributed by atoms with Crippen LogP contribution in [0.25, 0.3) is 0 Å². The third kappa shape index (κ3) is 3.06. The fourth-order valence-corrected chi connectivity index (χ4v) is 3.31. The standard InChI is InChI=1S/C10H15FN4O2S/c1-12-10-13-6-8(11)9(15-10)14-7-2-4-18(16,17)5-3-7/h6-7H,2-5H2,1H3,(H2,12,13,14,15). The van der Waals surface area contributed by atoms with Crippen molar-refractivity contribution in [1.82, 2.24) is 9.97 Å². The number of rotatable bonds is 3. The third-order valence-electron chi connectivity index (χ3n) is 2.86. The van der Waals surface area contributed by atoms with Crippen LogP contribution in [0.5, 0.6) is 0 Å². The quantitative estimate of drug-likeness (QED) is 0.842. The maximum atomic E-state index is 13.5. The number of anilines is 2. The highest BCUT2D eigenvalue weighted by atomic mass is 32.2. The van der Waals surface area contributed by atoms with Crippen molar-refractivity contribution in [2.24, 2.45) is 0 Å². The number of sulfone groups is 1. The molecule has 0 aliphatic carbocycles. The Morgan fingerprint density at radius 2 is 2.06 bits per heavy atom. The summed E-state index contributed by atoms with van der Waals surface area (Å²) < 4.78 is 36.0. The van der Waals surface area contributed by atoms with Gasteiger partial charge in [-0.3, -0.25) is 0 Å². The van der Waals surface area contributed by atoms with E-state index in [0.29, 0.717) is 18.8 Å². The van der Waals surface area contributed by atoms with E-state index in [1.807, 2.05) is 0 Å². The second kappa shape index (κ2) is 5.05. The number of aromatic nitrogens is 2. The Balaban J connectivity index is 2.06. The van der Waals surface area contributed by atoms with E-state index in [9.17, 15) is 12.8 Å². The van der Waals surface area contributed by atoms with Gasteiger partial charge in [-0.05, 0) is 12.8 Å². The molecule has 1 saturated heterocycles. The number of nitrogens with zero attached hydrogens (tertiary/aromatic N) is 2. The summed E-state index contributed by atoms with van der Waals surface area (Å²) in [6.07, 6.45) is 2.03. The summed E-state index contributed by atoms with van der Waals surface area (Å²) in [5.41, 5.74) is 0. The molecule has 2 heterocycles. The van der Waals surface area contributed by atoms with E-state index in [1.165, 1.54) is 0 Å². The van der Waals surface area contributed by atoms with Crippen LogP contribution in [0.3, 0.4) is 0 Å². The molecule has 2 rings (SSSR count). The zero-order valence-corrected chi connectivity index (χ0v) is 10.8. The fourth-order valence-electron chi connectivity index (χ4n) is 1.82. The molecule has 1 fully saturated rings. The Hall–Kier alpha value is -1.44. The second-order valence-corrected chi connectivity index (χ2v) is 6.51. The minimum Gasteiger partial charge on any atom is -0.365 e. The molecule has 8 heteroatoms. The van der Waals surface area contributed by atoms with Crippen LogP contribution in [-0.2, 0) is 9.84 Å². The van der Waals surface area contributed by atoms with Crippen molar-refractivity contribution in [2.45, 2.75) is 18.9 Å². The average Bonchev–Trinajstić information content (AvgIpc) is 2.34. The van der Waals surface area contributed by atoms with Crippen molar-refractivity contribution >= 4 is 21.6 Å². The first-order valence-electron chi connectivity index (χ1n) is 5.67. The summed E-state index contributed by atoms with van der Waals surface area (Å²) in [7, 11) is -1.27. The monoisotopic (exact) mass is 274 g/mol. The SMILES string of the molecule is CNc1ncc(F)c(NC2CCS(=O)(=O)CC2)n1. The van der Waals surface area contributed by atoms with Crippen LogP contribution < -0.4 is 10.6 Å². The molecule has 0 aromatic carbocycles. The van der Waals surface area contributed by atoms with Gasteiger partial charge in [0, 0.05) is 13.1 Å². The van der Waals surface area contributed by atoms with E-state index in [1.54, 1.807) is 7.05 Å². The average molecular weight is 274 g/mol.